The van der Waals surface area contributed by atoms with Gasteiger partial charge in [0.2, 0.25) is 0 Å². The second-order valence-corrected chi connectivity index (χ2v) is 4.77. The zero-order chi connectivity index (χ0) is 13.7. The quantitative estimate of drug-likeness (QED) is 0.633. The largest absolute Gasteiger partial charge is 0.378 e. The molecule has 2 aromatic rings. The molecule has 3 N–H and O–H groups in total. The van der Waals surface area contributed by atoms with E-state index in [1.807, 2.05) is 26.2 Å². The lowest BCUT2D eigenvalue weighted by Crippen LogP contribution is -2.29. The highest BCUT2D eigenvalue weighted by molar-refractivity contribution is 5.48. The summed E-state index contributed by atoms with van der Waals surface area (Å²) in [7, 11) is 4.07. The Balaban J connectivity index is 2.20. The van der Waals surface area contributed by atoms with Crippen molar-refractivity contribution >= 4 is 5.69 Å². The van der Waals surface area contributed by atoms with E-state index in [0.29, 0.717) is 0 Å². The van der Waals surface area contributed by atoms with Crippen molar-refractivity contribution in [2.24, 2.45) is 5.84 Å². The van der Waals surface area contributed by atoms with Crippen LogP contribution in [0.15, 0.2) is 48.8 Å². The van der Waals surface area contributed by atoms with E-state index in [9.17, 15) is 0 Å². The van der Waals surface area contributed by atoms with E-state index < -0.39 is 0 Å². The van der Waals surface area contributed by atoms with Crippen molar-refractivity contribution in [2.45, 2.75) is 12.5 Å². The minimum absolute atomic E-state index is 0.0994. The van der Waals surface area contributed by atoms with E-state index in [2.05, 4.69) is 39.6 Å². The number of nitrogens with two attached hydrogens (primary N) is 1. The van der Waals surface area contributed by atoms with E-state index in [1.165, 1.54) is 16.8 Å². The van der Waals surface area contributed by atoms with Crippen LogP contribution in [0.3, 0.4) is 0 Å². The van der Waals surface area contributed by atoms with Crippen molar-refractivity contribution in [1.29, 1.82) is 0 Å². The van der Waals surface area contributed by atoms with Gasteiger partial charge in [-0.1, -0.05) is 12.1 Å². The normalized spacial score (nSPS) is 12.2. The molecule has 0 aliphatic carbocycles. The molecule has 0 aliphatic heterocycles. The first kappa shape index (κ1) is 13.5. The summed E-state index contributed by atoms with van der Waals surface area (Å²) in [6.07, 6.45) is 4.45. The van der Waals surface area contributed by atoms with Gasteiger partial charge in [-0.25, -0.2) is 0 Å². The number of aromatic nitrogens is 1. The Bertz CT molecular complexity index is 511. The highest BCUT2D eigenvalue weighted by Gasteiger charge is 2.11. The third-order valence-corrected chi connectivity index (χ3v) is 3.18. The van der Waals surface area contributed by atoms with Gasteiger partial charge in [0.25, 0.3) is 0 Å². The number of nitrogens with one attached hydrogen (secondary N) is 1. The Kier molecular flexibility index (Phi) is 4.49. The van der Waals surface area contributed by atoms with Crippen molar-refractivity contribution in [3.05, 3.63) is 59.9 Å². The molecule has 2 rings (SSSR count). The molecule has 4 heteroatoms. The van der Waals surface area contributed by atoms with E-state index in [-0.39, 0.29) is 6.04 Å². The highest BCUT2D eigenvalue weighted by Crippen LogP contribution is 2.21. The summed E-state index contributed by atoms with van der Waals surface area (Å²) in [5.74, 6) is 5.70. The van der Waals surface area contributed by atoms with Gasteiger partial charge in [0, 0.05) is 32.2 Å². The van der Waals surface area contributed by atoms with Crippen molar-refractivity contribution in [1.82, 2.24) is 10.4 Å². The van der Waals surface area contributed by atoms with Gasteiger partial charge in [0.1, 0.15) is 0 Å². The maximum atomic E-state index is 5.70. The van der Waals surface area contributed by atoms with Gasteiger partial charge in [0.05, 0.1) is 6.04 Å². The van der Waals surface area contributed by atoms with Gasteiger partial charge in [-0.3, -0.25) is 16.3 Å². The summed E-state index contributed by atoms with van der Waals surface area (Å²) >= 11 is 0. The van der Waals surface area contributed by atoms with Gasteiger partial charge in [-0.15, -0.1) is 0 Å². The van der Waals surface area contributed by atoms with Crippen molar-refractivity contribution in [3.8, 4) is 0 Å². The zero-order valence-electron chi connectivity index (χ0n) is 11.4. The zero-order valence-corrected chi connectivity index (χ0v) is 11.4. The molecule has 0 saturated carbocycles. The Labute approximate surface area is 114 Å². The Morgan fingerprint density at radius 2 is 1.95 bits per heavy atom. The summed E-state index contributed by atoms with van der Waals surface area (Å²) in [5, 5.41) is 0. The first-order chi connectivity index (χ1) is 9.20. The molecule has 1 atom stereocenters. The number of anilines is 1. The Morgan fingerprint density at radius 3 is 2.58 bits per heavy atom. The lowest BCUT2D eigenvalue weighted by molar-refractivity contribution is 0.552. The molecule has 0 spiro atoms. The molecule has 100 valence electrons. The molecule has 1 heterocycles. The first-order valence-corrected chi connectivity index (χ1v) is 6.33. The predicted octanol–water partition coefficient (Wildman–Crippen LogP) is 1.89. The van der Waals surface area contributed by atoms with Crippen LogP contribution >= 0.6 is 0 Å². The number of hydrazine groups is 1. The average molecular weight is 256 g/mol. The van der Waals surface area contributed by atoms with Crippen LogP contribution in [-0.4, -0.2) is 19.1 Å². The number of hydrogen-bond donors (Lipinski definition) is 2. The lowest BCUT2D eigenvalue weighted by atomic mass is 9.99. The van der Waals surface area contributed by atoms with Gasteiger partial charge in [0.15, 0.2) is 0 Å². The van der Waals surface area contributed by atoms with Crippen LogP contribution in [0.2, 0.25) is 0 Å². The van der Waals surface area contributed by atoms with Crippen molar-refractivity contribution < 1.29 is 0 Å². The summed E-state index contributed by atoms with van der Waals surface area (Å²) in [5.41, 5.74) is 6.47. The van der Waals surface area contributed by atoms with Crippen LogP contribution in [0.1, 0.15) is 17.2 Å². The summed E-state index contributed by atoms with van der Waals surface area (Å²) in [6.45, 7) is 0. The van der Waals surface area contributed by atoms with Gasteiger partial charge >= 0.3 is 0 Å². The summed E-state index contributed by atoms with van der Waals surface area (Å²) < 4.78 is 0. The van der Waals surface area contributed by atoms with E-state index in [1.54, 1.807) is 12.4 Å². The number of nitrogens with zero attached hydrogens (tertiary/aromatic N) is 2. The molecule has 1 unspecified atom stereocenters. The molecule has 0 fully saturated rings. The number of benzene rings is 1. The van der Waals surface area contributed by atoms with Crippen LogP contribution in [0.25, 0.3) is 0 Å². The Morgan fingerprint density at radius 1 is 1.21 bits per heavy atom. The fraction of sp³-hybridized carbons (Fsp3) is 0.267. The SMILES string of the molecule is CN(C)c1cccc(C(Cc2ccncc2)NN)c1. The van der Waals surface area contributed by atoms with Gasteiger partial charge < -0.3 is 4.90 Å². The van der Waals surface area contributed by atoms with Crippen LogP contribution in [-0.2, 0) is 6.42 Å². The fourth-order valence-electron chi connectivity index (χ4n) is 2.05. The van der Waals surface area contributed by atoms with E-state index >= 15 is 0 Å². The molecule has 19 heavy (non-hydrogen) atoms. The van der Waals surface area contributed by atoms with Gasteiger partial charge in [-0.2, -0.15) is 0 Å². The van der Waals surface area contributed by atoms with Crippen molar-refractivity contribution in [3.63, 3.8) is 0 Å². The standard InChI is InChI=1S/C15H20N4/c1-19(2)14-5-3-4-13(11-14)15(18-16)10-12-6-8-17-9-7-12/h3-9,11,15,18H,10,16H2,1-2H3. The molecule has 0 radical (unpaired) electrons. The molecule has 1 aromatic heterocycles. The minimum atomic E-state index is 0.0994. The fourth-order valence-corrected chi connectivity index (χ4v) is 2.05. The monoisotopic (exact) mass is 256 g/mol. The minimum Gasteiger partial charge on any atom is -0.378 e. The van der Waals surface area contributed by atoms with E-state index in [0.717, 1.165) is 6.42 Å². The van der Waals surface area contributed by atoms with E-state index in [4.69, 9.17) is 5.84 Å². The molecular weight excluding hydrogens is 236 g/mol. The molecule has 0 saturated heterocycles. The second kappa shape index (κ2) is 6.31. The number of hydrogen-bond acceptors (Lipinski definition) is 4. The first-order valence-electron chi connectivity index (χ1n) is 6.33. The number of pyridine rings is 1. The number of rotatable bonds is 5. The topological polar surface area (TPSA) is 54.2 Å². The maximum absolute atomic E-state index is 5.70. The molecule has 0 bridgehead atoms. The molecule has 0 amide bonds. The lowest BCUT2D eigenvalue weighted by Gasteiger charge is -2.19. The van der Waals surface area contributed by atoms with Crippen LogP contribution in [0.4, 0.5) is 5.69 Å². The molecule has 1 aromatic carbocycles. The Hall–Kier alpha value is -1.91. The third-order valence-electron chi connectivity index (χ3n) is 3.18. The highest BCUT2D eigenvalue weighted by atomic mass is 15.2. The van der Waals surface area contributed by atoms with Crippen LogP contribution in [0.5, 0.6) is 0 Å². The smallest absolute Gasteiger partial charge is 0.0501 e. The molecule has 4 nitrogen and oxygen atoms in total. The van der Waals surface area contributed by atoms with Gasteiger partial charge in [-0.05, 0) is 41.8 Å². The molecular formula is C15H20N4. The van der Waals surface area contributed by atoms with Crippen molar-refractivity contribution in [2.75, 3.05) is 19.0 Å². The summed E-state index contributed by atoms with van der Waals surface area (Å²) in [4.78, 5) is 6.12. The second-order valence-electron chi connectivity index (χ2n) is 4.77. The third kappa shape index (κ3) is 3.53. The maximum Gasteiger partial charge on any atom is 0.0501 e. The molecule has 0 aliphatic rings. The average Bonchev–Trinajstić information content (AvgIpc) is 2.46. The summed E-state index contributed by atoms with van der Waals surface area (Å²) in [6, 6.07) is 12.5. The van der Waals surface area contributed by atoms with Crippen LogP contribution < -0.4 is 16.2 Å². The predicted molar refractivity (Wildman–Crippen MR) is 78.8 cm³/mol. The van der Waals surface area contributed by atoms with Crippen LogP contribution in [0, 0.1) is 0 Å².